The first-order chi connectivity index (χ1) is 26.6. The third-order valence-electron chi connectivity index (χ3n) is 9.72. The molecule has 55 heavy (non-hydrogen) atoms. The first-order valence-corrected chi connectivity index (χ1v) is 19.8. The van der Waals surface area contributed by atoms with Gasteiger partial charge >= 0.3 is 0 Å². The van der Waals surface area contributed by atoms with Crippen molar-refractivity contribution < 1.29 is 27.6 Å². The Labute approximate surface area is 323 Å². The number of amides is 1. The standard InChI is InChI=1S/C39H40ClN7O7S/c40-30-5-3-27(4-6-30)2-1-15-45-16-18-46(19-17-45)31-7-9-34(37(23-31)54-32-22-29-11-14-41-38(29)43-26-32)39(48)44-55(51,52)33-8-10-35(36(24-33)47(49)50)42-25-28-12-20-53-21-13-28/h1-11,14,22-24,26,28,42H,12-13,15-21,25H2,(H,41,43)(H,44,48)/b2-1-. The largest absolute Gasteiger partial charge is 0.455 e. The lowest BCUT2D eigenvalue weighted by atomic mass is 10.0. The molecule has 0 spiro atoms. The van der Waals surface area contributed by atoms with Gasteiger partial charge in [0.25, 0.3) is 21.6 Å². The number of fused-ring (bicyclic) bond motifs is 1. The number of nitro benzene ring substituents is 1. The second-order valence-corrected chi connectivity index (χ2v) is 15.5. The molecule has 3 N–H and O–H groups in total. The molecule has 0 saturated carbocycles. The topological polar surface area (TPSA) is 172 Å². The summed E-state index contributed by atoms with van der Waals surface area (Å²) in [5.74, 6) is -0.219. The molecule has 0 aliphatic carbocycles. The summed E-state index contributed by atoms with van der Waals surface area (Å²) in [5, 5.41) is 16.6. The van der Waals surface area contributed by atoms with Crippen LogP contribution in [0.2, 0.25) is 5.02 Å². The van der Waals surface area contributed by atoms with E-state index in [1.807, 2.05) is 30.3 Å². The maximum atomic E-state index is 13.7. The Morgan fingerprint density at radius 3 is 2.58 bits per heavy atom. The molecule has 0 bridgehead atoms. The lowest BCUT2D eigenvalue weighted by Gasteiger charge is -2.35. The van der Waals surface area contributed by atoms with Gasteiger partial charge in [0.05, 0.1) is 21.6 Å². The van der Waals surface area contributed by atoms with Gasteiger partial charge in [-0.3, -0.25) is 19.8 Å². The number of anilines is 2. The number of aromatic amines is 1. The Morgan fingerprint density at radius 1 is 1.04 bits per heavy atom. The molecule has 286 valence electrons. The number of ether oxygens (including phenoxy) is 2. The molecule has 1 amide bonds. The number of rotatable bonds is 13. The summed E-state index contributed by atoms with van der Waals surface area (Å²) < 4.78 is 40.8. The van der Waals surface area contributed by atoms with Gasteiger partial charge in [-0.05, 0) is 72.9 Å². The van der Waals surface area contributed by atoms with Crippen molar-refractivity contribution in [3.05, 3.63) is 118 Å². The van der Waals surface area contributed by atoms with Gasteiger partial charge < -0.3 is 24.7 Å². The second-order valence-electron chi connectivity index (χ2n) is 13.4. The average Bonchev–Trinajstić information content (AvgIpc) is 3.66. The maximum absolute atomic E-state index is 13.7. The highest BCUT2D eigenvalue weighted by molar-refractivity contribution is 7.90. The highest BCUT2D eigenvalue weighted by atomic mass is 35.5. The fraction of sp³-hybridized carbons (Fsp3) is 0.282. The van der Waals surface area contributed by atoms with E-state index in [0.29, 0.717) is 49.3 Å². The number of carbonyl (C=O) groups excluding carboxylic acids is 1. The summed E-state index contributed by atoms with van der Waals surface area (Å²) >= 11 is 6.00. The average molecular weight is 786 g/mol. The third-order valence-corrected chi connectivity index (χ3v) is 11.3. The Bertz CT molecular complexity index is 2300. The van der Waals surface area contributed by atoms with Crippen LogP contribution in [-0.2, 0) is 14.8 Å². The van der Waals surface area contributed by atoms with Crippen molar-refractivity contribution in [3.8, 4) is 11.5 Å². The van der Waals surface area contributed by atoms with Crippen molar-refractivity contribution in [2.75, 3.05) is 62.7 Å². The van der Waals surface area contributed by atoms with Crippen LogP contribution in [0, 0.1) is 16.0 Å². The van der Waals surface area contributed by atoms with Gasteiger partial charge in [-0.1, -0.05) is 35.9 Å². The molecule has 0 atom stereocenters. The Morgan fingerprint density at radius 2 is 1.82 bits per heavy atom. The molecule has 0 unspecified atom stereocenters. The summed E-state index contributed by atoms with van der Waals surface area (Å²) in [6.07, 6.45) is 9.10. The van der Waals surface area contributed by atoms with Gasteiger partial charge in [0, 0.05) is 86.9 Å². The molecule has 16 heteroatoms. The molecular weight excluding hydrogens is 746 g/mol. The normalized spacial score (nSPS) is 15.7. The smallest absolute Gasteiger partial charge is 0.293 e. The van der Waals surface area contributed by atoms with Crippen LogP contribution in [-0.4, -0.2) is 86.6 Å². The van der Waals surface area contributed by atoms with Gasteiger partial charge in [0.2, 0.25) is 0 Å². The Balaban J connectivity index is 1.08. The van der Waals surface area contributed by atoms with Gasteiger partial charge in [0.1, 0.15) is 22.8 Å². The van der Waals surface area contributed by atoms with Crippen molar-refractivity contribution in [2.45, 2.75) is 17.7 Å². The van der Waals surface area contributed by atoms with Crippen LogP contribution >= 0.6 is 11.6 Å². The molecular formula is C39H40ClN7O7S. The molecule has 14 nitrogen and oxygen atoms in total. The maximum Gasteiger partial charge on any atom is 0.293 e. The summed E-state index contributed by atoms with van der Waals surface area (Å²) in [4.78, 5) is 36.6. The van der Waals surface area contributed by atoms with E-state index in [0.717, 1.165) is 55.2 Å². The predicted octanol–water partition coefficient (Wildman–Crippen LogP) is 6.71. The number of nitrogens with one attached hydrogen (secondary N) is 3. The summed E-state index contributed by atoms with van der Waals surface area (Å²) in [5.41, 5.74) is 2.26. The molecule has 5 aromatic rings. The number of sulfonamides is 1. The lowest BCUT2D eigenvalue weighted by Crippen LogP contribution is -2.46. The Hall–Kier alpha value is -5.48. The van der Waals surface area contributed by atoms with Gasteiger partial charge in [-0.2, -0.15) is 0 Å². The fourth-order valence-corrected chi connectivity index (χ4v) is 7.71. The number of benzene rings is 3. The van der Waals surface area contributed by atoms with Crippen LogP contribution in [0.4, 0.5) is 17.1 Å². The van der Waals surface area contributed by atoms with E-state index in [2.05, 4.69) is 42.0 Å². The van der Waals surface area contributed by atoms with Crippen molar-refractivity contribution in [1.82, 2.24) is 19.6 Å². The summed E-state index contributed by atoms with van der Waals surface area (Å²) in [6.45, 7) is 5.54. The van der Waals surface area contributed by atoms with E-state index >= 15 is 0 Å². The molecule has 2 aliphatic rings. The minimum Gasteiger partial charge on any atom is -0.455 e. The second kappa shape index (κ2) is 16.9. The van der Waals surface area contributed by atoms with E-state index in [1.54, 1.807) is 24.4 Å². The van der Waals surface area contributed by atoms with E-state index < -0.39 is 31.4 Å². The lowest BCUT2D eigenvalue weighted by molar-refractivity contribution is -0.384. The highest BCUT2D eigenvalue weighted by Crippen LogP contribution is 2.33. The predicted molar refractivity (Wildman–Crippen MR) is 212 cm³/mol. The third kappa shape index (κ3) is 9.43. The first kappa shape index (κ1) is 37.8. The molecule has 2 aliphatic heterocycles. The number of H-pyrrole nitrogens is 1. The Kier molecular flexibility index (Phi) is 11.6. The number of hydrogen-bond acceptors (Lipinski definition) is 11. The molecule has 2 fully saturated rings. The van der Waals surface area contributed by atoms with Gasteiger partial charge in [-0.25, -0.2) is 18.1 Å². The van der Waals surface area contributed by atoms with Crippen molar-refractivity contribution >= 4 is 61.7 Å². The molecule has 2 aromatic heterocycles. The van der Waals surface area contributed by atoms with E-state index in [1.165, 1.54) is 24.4 Å². The quantitative estimate of drug-likeness (QED) is 0.0856. The number of halogens is 1. The van der Waals surface area contributed by atoms with Gasteiger partial charge in [-0.15, -0.1) is 0 Å². The zero-order valence-corrected chi connectivity index (χ0v) is 31.4. The minimum atomic E-state index is -4.54. The monoisotopic (exact) mass is 785 g/mol. The fourth-order valence-electron chi connectivity index (χ4n) is 6.60. The van der Waals surface area contributed by atoms with E-state index in [4.69, 9.17) is 21.1 Å². The molecule has 7 rings (SSSR count). The number of aromatic nitrogens is 2. The zero-order chi connectivity index (χ0) is 38.4. The molecule has 3 aromatic carbocycles. The van der Waals surface area contributed by atoms with Crippen LogP contribution in [0.15, 0.2) is 96.2 Å². The molecule has 2 saturated heterocycles. The number of pyridine rings is 1. The van der Waals surface area contributed by atoms with Crippen LogP contribution in [0.5, 0.6) is 11.5 Å². The first-order valence-electron chi connectivity index (χ1n) is 17.9. The van der Waals surface area contributed by atoms with E-state index in [9.17, 15) is 23.3 Å². The van der Waals surface area contributed by atoms with Crippen molar-refractivity contribution in [1.29, 1.82) is 0 Å². The number of carbonyl (C=O) groups is 1. The minimum absolute atomic E-state index is 0.0447. The zero-order valence-electron chi connectivity index (χ0n) is 29.8. The van der Waals surface area contributed by atoms with Crippen molar-refractivity contribution in [2.24, 2.45) is 5.92 Å². The van der Waals surface area contributed by atoms with Gasteiger partial charge in [0.15, 0.2) is 0 Å². The highest BCUT2D eigenvalue weighted by Gasteiger charge is 2.27. The molecule has 4 heterocycles. The van der Waals surface area contributed by atoms with Crippen LogP contribution < -0.4 is 19.7 Å². The van der Waals surface area contributed by atoms with Crippen LogP contribution in [0.25, 0.3) is 17.1 Å². The number of piperazine rings is 1. The number of nitro groups is 1. The number of hydrogen-bond donors (Lipinski definition) is 3. The van der Waals surface area contributed by atoms with Crippen molar-refractivity contribution in [3.63, 3.8) is 0 Å². The van der Waals surface area contributed by atoms with Crippen LogP contribution in [0.3, 0.4) is 0 Å². The van der Waals surface area contributed by atoms with Crippen LogP contribution in [0.1, 0.15) is 28.8 Å². The summed E-state index contributed by atoms with van der Waals surface area (Å²) in [6, 6.07) is 19.8. The SMILES string of the molecule is O=C(NS(=O)(=O)c1ccc(NCC2CCOCC2)c([N+](=O)[O-])c1)c1ccc(N2CCN(C/C=C\c3ccc(Cl)cc3)CC2)cc1Oc1cnc2[nH]ccc2c1. The summed E-state index contributed by atoms with van der Waals surface area (Å²) in [7, 11) is -4.54. The molecule has 0 radical (unpaired) electrons. The van der Waals surface area contributed by atoms with E-state index in [-0.39, 0.29) is 22.9 Å². The number of nitrogens with zero attached hydrogens (tertiary/aromatic N) is 4.